The summed E-state index contributed by atoms with van der Waals surface area (Å²) in [6, 6.07) is 7.98. The molecule has 0 aliphatic heterocycles. The predicted octanol–water partition coefficient (Wildman–Crippen LogP) is 1.86. The second-order valence-electron chi connectivity index (χ2n) is 4.39. The number of aromatic nitrogens is 1. The summed E-state index contributed by atoms with van der Waals surface area (Å²) in [4.78, 5) is 15.0. The average Bonchev–Trinajstić information content (AvgIpc) is 2.79. The van der Waals surface area contributed by atoms with Gasteiger partial charge in [-0.3, -0.25) is 4.79 Å². The van der Waals surface area contributed by atoms with Crippen molar-refractivity contribution in [2.24, 2.45) is 0 Å². The van der Waals surface area contributed by atoms with Crippen LogP contribution in [0.5, 0.6) is 0 Å². The number of hydrogen-bond acceptors (Lipinski definition) is 2. The van der Waals surface area contributed by atoms with Gasteiger partial charge in [0.25, 0.3) is 0 Å². The molecule has 0 bridgehead atoms. The number of methoxy groups -OCH3 is 1. The maximum absolute atomic E-state index is 11.8. The zero-order valence-corrected chi connectivity index (χ0v) is 10.7. The van der Waals surface area contributed by atoms with E-state index in [0.29, 0.717) is 13.0 Å². The van der Waals surface area contributed by atoms with Gasteiger partial charge in [-0.05, 0) is 18.6 Å². The minimum atomic E-state index is 0.0173. The highest BCUT2D eigenvalue weighted by atomic mass is 16.5. The predicted molar refractivity (Wildman–Crippen MR) is 71.5 cm³/mol. The highest BCUT2D eigenvalue weighted by Crippen LogP contribution is 2.17. The summed E-state index contributed by atoms with van der Waals surface area (Å²) in [5.41, 5.74) is 2.08. The van der Waals surface area contributed by atoms with E-state index in [1.807, 2.05) is 37.4 Å². The fourth-order valence-corrected chi connectivity index (χ4v) is 1.85. The molecule has 1 unspecified atom stereocenters. The monoisotopic (exact) mass is 246 g/mol. The van der Waals surface area contributed by atoms with Crippen molar-refractivity contribution < 1.29 is 9.53 Å². The van der Waals surface area contributed by atoms with Crippen molar-refractivity contribution in [1.82, 2.24) is 10.3 Å². The number of H-pyrrole nitrogens is 1. The van der Waals surface area contributed by atoms with Gasteiger partial charge in [-0.2, -0.15) is 0 Å². The molecule has 1 heterocycles. The van der Waals surface area contributed by atoms with Crippen LogP contribution in [0, 0.1) is 0 Å². The summed E-state index contributed by atoms with van der Waals surface area (Å²) in [6.07, 6.45) is 2.32. The molecule has 0 spiro atoms. The molecular formula is C14H18N2O2. The minimum absolute atomic E-state index is 0.0173. The molecule has 1 aromatic heterocycles. The Morgan fingerprint density at radius 1 is 1.44 bits per heavy atom. The molecule has 0 radical (unpaired) electrons. The molecule has 1 atom stereocenters. The van der Waals surface area contributed by atoms with Crippen molar-refractivity contribution in [2.45, 2.75) is 19.4 Å². The minimum Gasteiger partial charge on any atom is -0.380 e. The molecule has 96 valence electrons. The molecule has 0 saturated heterocycles. The highest BCUT2D eigenvalue weighted by Gasteiger charge is 2.09. The van der Waals surface area contributed by atoms with Crippen LogP contribution in [0.3, 0.4) is 0 Å². The number of hydrogen-bond donors (Lipinski definition) is 2. The number of nitrogens with one attached hydrogen (secondary N) is 2. The van der Waals surface area contributed by atoms with Crippen molar-refractivity contribution >= 4 is 16.8 Å². The van der Waals surface area contributed by atoms with E-state index in [9.17, 15) is 4.79 Å². The van der Waals surface area contributed by atoms with Crippen LogP contribution in [0.1, 0.15) is 12.5 Å². The van der Waals surface area contributed by atoms with E-state index in [2.05, 4.69) is 10.3 Å². The first-order chi connectivity index (χ1) is 8.70. The molecule has 18 heavy (non-hydrogen) atoms. The molecular weight excluding hydrogens is 228 g/mol. The Labute approximate surface area is 106 Å². The summed E-state index contributed by atoms with van der Waals surface area (Å²) in [5, 5.41) is 3.96. The Kier molecular flexibility index (Phi) is 3.99. The standard InChI is InChI=1S/C14H18N2O2/c1-10(18-2)8-16-14(17)7-11-9-15-13-6-4-3-5-12(11)13/h3-6,9-10,15H,7-8H2,1-2H3,(H,16,17). The van der Waals surface area contributed by atoms with Crippen LogP contribution in [0.25, 0.3) is 10.9 Å². The SMILES string of the molecule is COC(C)CNC(=O)Cc1c[nH]c2ccccc12. The van der Waals surface area contributed by atoms with Gasteiger partial charge in [-0.15, -0.1) is 0 Å². The largest absolute Gasteiger partial charge is 0.380 e. The number of carbonyl (C=O) groups is 1. The van der Waals surface area contributed by atoms with E-state index in [4.69, 9.17) is 4.74 Å². The quantitative estimate of drug-likeness (QED) is 0.846. The van der Waals surface area contributed by atoms with Crippen molar-refractivity contribution in [2.75, 3.05) is 13.7 Å². The fourth-order valence-electron chi connectivity index (χ4n) is 1.85. The van der Waals surface area contributed by atoms with E-state index < -0.39 is 0 Å². The summed E-state index contributed by atoms with van der Waals surface area (Å²) in [5.74, 6) is 0.0173. The molecule has 0 saturated carbocycles. The Balaban J connectivity index is 1.99. The Morgan fingerprint density at radius 2 is 2.22 bits per heavy atom. The third kappa shape index (κ3) is 2.90. The third-order valence-electron chi connectivity index (χ3n) is 3.01. The number of para-hydroxylation sites is 1. The van der Waals surface area contributed by atoms with Gasteiger partial charge in [0.2, 0.25) is 5.91 Å². The van der Waals surface area contributed by atoms with Gasteiger partial charge in [0.05, 0.1) is 12.5 Å². The fraction of sp³-hybridized carbons (Fsp3) is 0.357. The van der Waals surface area contributed by atoms with Gasteiger partial charge < -0.3 is 15.0 Å². The number of fused-ring (bicyclic) bond motifs is 1. The maximum Gasteiger partial charge on any atom is 0.224 e. The number of rotatable bonds is 5. The number of benzene rings is 1. The van der Waals surface area contributed by atoms with Crippen LogP contribution in [0.15, 0.2) is 30.5 Å². The van der Waals surface area contributed by atoms with Crippen LogP contribution < -0.4 is 5.32 Å². The first kappa shape index (κ1) is 12.6. The van der Waals surface area contributed by atoms with Crippen molar-refractivity contribution in [1.29, 1.82) is 0 Å². The van der Waals surface area contributed by atoms with Crippen molar-refractivity contribution in [3.63, 3.8) is 0 Å². The summed E-state index contributed by atoms with van der Waals surface area (Å²) < 4.78 is 5.09. The Hall–Kier alpha value is -1.81. The molecule has 1 aromatic carbocycles. The molecule has 1 amide bonds. The lowest BCUT2D eigenvalue weighted by atomic mass is 10.1. The average molecular weight is 246 g/mol. The van der Waals surface area contributed by atoms with Gasteiger partial charge in [0, 0.05) is 30.8 Å². The van der Waals surface area contributed by atoms with Crippen LogP contribution >= 0.6 is 0 Å². The first-order valence-electron chi connectivity index (χ1n) is 6.05. The third-order valence-corrected chi connectivity index (χ3v) is 3.01. The normalized spacial score (nSPS) is 12.6. The molecule has 2 N–H and O–H groups in total. The molecule has 0 aliphatic carbocycles. The summed E-state index contributed by atoms with van der Waals surface area (Å²) in [6.45, 7) is 2.46. The molecule has 2 aromatic rings. The van der Waals surface area contributed by atoms with Gasteiger partial charge in [0.15, 0.2) is 0 Å². The zero-order valence-electron chi connectivity index (χ0n) is 10.7. The van der Waals surface area contributed by atoms with E-state index in [1.54, 1.807) is 7.11 Å². The second kappa shape index (κ2) is 5.69. The second-order valence-corrected chi connectivity index (χ2v) is 4.39. The lowest BCUT2D eigenvalue weighted by molar-refractivity contribution is -0.120. The molecule has 0 fully saturated rings. The topological polar surface area (TPSA) is 54.1 Å². The number of ether oxygens (including phenoxy) is 1. The van der Waals surface area contributed by atoms with Crippen molar-refractivity contribution in [3.05, 3.63) is 36.0 Å². The Morgan fingerprint density at radius 3 is 3.00 bits per heavy atom. The number of aromatic amines is 1. The first-order valence-corrected chi connectivity index (χ1v) is 6.05. The van der Waals surface area contributed by atoms with Crippen LogP contribution in [-0.2, 0) is 16.0 Å². The van der Waals surface area contributed by atoms with E-state index in [0.717, 1.165) is 16.5 Å². The summed E-state index contributed by atoms with van der Waals surface area (Å²) >= 11 is 0. The summed E-state index contributed by atoms with van der Waals surface area (Å²) in [7, 11) is 1.64. The molecule has 4 nitrogen and oxygen atoms in total. The molecule has 0 aliphatic rings. The molecule has 2 rings (SSSR count). The van der Waals surface area contributed by atoms with Gasteiger partial charge in [-0.1, -0.05) is 18.2 Å². The zero-order chi connectivity index (χ0) is 13.0. The van der Waals surface area contributed by atoms with Gasteiger partial charge in [-0.25, -0.2) is 0 Å². The molecule has 4 heteroatoms. The van der Waals surface area contributed by atoms with Crippen LogP contribution in [0.2, 0.25) is 0 Å². The van der Waals surface area contributed by atoms with E-state index in [1.165, 1.54) is 0 Å². The van der Waals surface area contributed by atoms with Crippen LogP contribution in [0.4, 0.5) is 0 Å². The van der Waals surface area contributed by atoms with E-state index in [-0.39, 0.29) is 12.0 Å². The highest BCUT2D eigenvalue weighted by molar-refractivity contribution is 5.88. The smallest absolute Gasteiger partial charge is 0.224 e. The lowest BCUT2D eigenvalue weighted by Gasteiger charge is -2.10. The van der Waals surface area contributed by atoms with E-state index >= 15 is 0 Å². The lowest BCUT2D eigenvalue weighted by Crippen LogP contribution is -2.32. The maximum atomic E-state index is 11.8. The van der Waals surface area contributed by atoms with Crippen LogP contribution in [-0.4, -0.2) is 30.6 Å². The number of carbonyl (C=O) groups excluding carboxylic acids is 1. The van der Waals surface area contributed by atoms with Gasteiger partial charge in [0.1, 0.15) is 0 Å². The number of amides is 1. The Bertz CT molecular complexity index is 533. The van der Waals surface area contributed by atoms with Gasteiger partial charge >= 0.3 is 0 Å². The van der Waals surface area contributed by atoms with Crippen molar-refractivity contribution in [3.8, 4) is 0 Å².